The first-order valence-corrected chi connectivity index (χ1v) is 11.0. The molecule has 0 fully saturated rings. The molecule has 146 valence electrons. The van der Waals surface area contributed by atoms with E-state index in [0.717, 1.165) is 15.6 Å². The molecule has 0 spiro atoms. The number of amides is 1. The fourth-order valence-electron chi connectivity index (χ4n) is 3.15. The van der Waals surface area contributed by atoms with Gasteiger partial charge in [0.15, 0.2) is 0 Å². The van der Waals surface area contributed by atoms with Crippen molar-refractivity contribution in [2.75, 3.05) is 6.61 Å². The molecule has 0 bridgehead atoms. The summed E-state index contributed by atoms with van der Waals surface area (Å²) in [5.74, 6) is 0.397. The first kappa shape index (κ1) is 19.4. The molecule has 2 heterocycles. The molecule has 4 rings (SSSR count). The first-order chi connectivity index (χ1) is 14.2. The van der Waals surface area contributed by atoms with E-state index >= 15 is 0 Å². The summed E-state index contributed by atoms with van der Waals surface area (Å²) >= 11 is 2.91. The highest BCUT2D eigenvalue weighted by molar-refractivity contribution is 7.14. The van der Waals surface area contributed by atoms with Crippen LogP contribution in [0.3, 0.4) is 0 Å². The Kier molecular flexibility index (Phi) is 5.74. The van der Waals surface area contributed by atoms with Crippen molar-refractivity contribution in [3.63, 3.8) is 0 Å². The molecule has 6 heteroatoms. The maximum Gasteiger partial charge on any atom is 0.255 e. The van der Waals surface area contributed by atoms with Gasteiger partial charge in [-0.3, -0.25) is 9.59 Å². The molecule has 1 N–H and O–H groups in total. The second-order valence-corrected chi connectivity index (χ2v) is 8.33. The van der Waals surface area contributed by atoms with Gasteiger partial charge in [-0.15, -0.1) is 11.3 Å². The van der Waals surface area contributed by atoms with Gasteiger partial charge in [-0.25, -0.2) is 0 Å². The van der Waals surface area contributed by atoms with Crippen molar-refractivity contribution >= 4 is 45.1 Å². The zero-order valence-electron chi connectivity index (χ0n) is 15.8. The Morgan fingerprint density at radius 1 is 1.03 bits per heavy atom. The molecular weight excluding hydrogens is 402 g/mol. The molecule has 2 aromatic carbocycles. The molecule has 0 aliphatic heterocycles. The van der Waals surface area contributed by atoms with Crippen LogP contribution in [0.1, 0.15) is 37.4 Å². The molecule has 4 aromatic rings. The van der Waals surface area contributed by atoms with Crippen molar-refractivity contribution in [1.29, 1.82) is 0 Å². The predicted octanol–water partition coefficient (Wildman–Crippen LogP) is 5.52. The highest BCUT2D eigenvalue weighted by atomic mass is 32.1. The van der Waals surface area contributed by atoms with Gasteiger partial charge in [0.25, 0.3) is 5.91 Å². The van der Waals surface area contributed by atoms with E-state index in [9.17, 15) is 9.59 Å². The number of hydrogen-bond acceptors (Lipinski definition) is 5. The van der Waals surface area contributed by atoms with Gasteiger partial charge in [-0.2, -0.15) is 11.3 Å². The number of rotatable bonds is 7. The van der Waals surface area contributed by atoms with Crippen molar-refractivity contribution in [3.8, 4) is 5.75 Å². The van der Waals surface area contributed by atoms with Crippen molar-refractivity contribution in [1.82, 2.24) is 5.32 Å². The van der Waals surface area contributed by atoms with Crippen LogP contribution in [-0.2, 0) is 6.54 Å². The number of fused-ring (bicyclic) bond motifs is 1. The van der Waals surface area contributed by atoms with Crippen LogP contribution in [0.25, 0.3) is 10.8 Å². The number of thiophene rings is 2. The SMILES string of the molecule is CCOc1ccc2ccccc2c1C(=O)NCc1ccc(C(=O)c2ccsc2)s1. The zero-order valence-corrected chi connectivity index (χ0v) is 17.4. The maximum absolute atomic E-state index is 13.0. The van der Waals surface area contributed by atoms with Crippen molar-refractivity contribution < 1.29 is 14.3 Å². The number of nitrogens with one attached hydrogen (secondary N) is 1. The van der Waals surface area contributed by atoms with E-state index in [-0.39, 0.29) is 11.7 Å². The normalized spacial score (nSPS) is 10.8. The lowest BCUT2D eigenvalue weighted by atomic mass is 10.0. The van der Waals surface area contributed by atoms with Crippen LogP contribution >= 0.6 is 22.7 Å². The van der Waals surface area contributed by atoms with Gasteiger partial charge in [-0.05, 0) is 47.3 Å². The minimum absolute atomic E-state index is 0.0153. The Balaban J connectivity index is 1.53. The number of hydrogen-bond donors (Lipinski definition) is 1. The summed E-state index contributed by atoms with van der Waals surface area (Å²) in [5, 5.41) is 8.56. The fourth-order valence-corrected chi connectivity index (χ4v) is 4.69. The molecular formula is C23H19NO3S2. The van der Waals surface area contributed by atoms with Crippen LogP contribution in [0.4, 0.5) is 0 Å². The van der Waals surface area contributed by atoms with E-state index in [1.807, 2.05) is 72.3 Å². The molecule has 0 unspecified atom stereocenters. The summed E-state index contributed by atoms with van der Waals surface area (Å²) in [6.07, 6.45) is 0. The molecule has 0 radical (unpaired) electrons. The molecule has 1 amide bonds. The van der Waals surface area contributed by atoms with Crippen LogP contribution < -0.4 is 10.1 Å². The largest absolute Gasteiger partial charge is 0.493 e. The maximum atomic E-state index is 13.0. The third-order valence-electron chi connectivity index (χ3n) is 4.51. The number of ether oxygens (including phenoxy) is 1. The Morgan fingerprint density at radius 2 is 1.90 bits per heavy atom. The summed E-state index contributed by atoms with van der Waals surface area (Å²) in [4.78, 5) is 27.1. The van der Waals surface area contributed by atoms with Crippen molar-refractivity contribution in [3.05, 3.63) is 86.2 Å². The van der Waals surface area contributed by atoms with Gasteiger partial charge in [0.05, 0.1) is 23.6 Å². The van der Waals surface area contributed by atoms with Crippen LogP contribution in [0.2, 0.25) is 0 Å². The summed E-state index contributed by atoms with van der Waals surface area (Å²) in [6.45, 7) is 2.74. The molecule has 0 atom stereocenters. The lowest BCUT2D eigenvalue weighted by molar-refractivity contribution is 0.0948. The Hall–Kier alpha value is -2.96. The first-order valence-electron chi connectivity index (χ1n) is 9.25. The highest BCUT2D eigenvalue weighted by Gasteiger charge is 2.17. The Bertz CT molecular complexity index is 1160. The number of carbonyl (C=O) groups excluding carboxylic acids is 2. The van der Waals surface area contributed by atoms with Crippen LogP contribution in [-0.4, -0.2) is 18.3 Å². The second-order valence-electron chi connectivity index (χ2n) is 6.38. The van der Waals surface area contributed by atoms with Crippen LogP contribution in [0.15, 0.2) is 65.4 Å². The average molecular weight is 422 g/mol. The van der Waals surface area contributed by atoms with E-state index in [4.69, 9.17) is 4.74 Å². The second kappa shape index (κ2) is 8.59. The summed E-state index contributed by atoms with van der Waals surface area (Å²) in [6, 6.07) is 17.1. The lowest BCUT2D eigenvalue weighted by Crippen LogP contribution is -2.23. The molecule has 0 aliphatic rings. The summed E-state index contributed by atoms with van der Waals surface area (Å²) < 4.78 is 5.69. The highest BCUT2D eigenvalue weighted by Crippen LogP contribution is 2.28. The minimum atomic E-state index is -0.190. The predicted molar refractivity (Wildman–Crippen MR) is 118 cm³/mol. The van der Waals surface area contributed by atoms with Crippen LogP contribution in [0.5, 0.6) is 5.75 Å². The molecule has 0 aliphatic carbocycles. The van der Waals surface area contributed by atoms with Gasteiger partial charge in [0, 0.05) is 15.8 Å². The number of benzene rings is 2. The molecule has 0 saturated carbocycles. The average Bonchev–Trinajstić information content (AvgIpc) is 3.44. The van der Waals surface area contributed by atoms with E-state index < -0.39 is 0 Å². The third-order valence-corrected chi connectivity index (χ3v) is 6.28. The fraction of sp³-hybridized carbons (Fsp3) is 0.130. The van der Waals surface area contributed by atoms with Gasteiger partial charge >= 0.3 is 0 Å². The van der Waals surface area contributed by atoms with Gasteiger partial charge in [0.2, 0.25) is 5.78 Å². The summed E-state index contributed by atoms with van der Waals surface area (Å²) in [5.41, 5.74) is 1.24. The van der Waals surface area contributed by atoms with E-state index in [2.05, 4.69) is 5.32 Å². The summed E-state index contributed by atoms with van der Waals surface area (Å²) in [7, 11) is 0. The van der Waals surface area contributed by atoms with E-state index in [0.29, 0.717) is 34.9 Å². The Morgan fingerprint density at radius 3 is 2.69 bits per heavy atom. The van der Waals surface area contributed by atoms with E-state index in [1.165, 1.54) is 22.7 Å². The topological polar surface area (TPSA) is 55.4 Å². The molecule has 0 saturated heterocycles. The Labute approximate surface area is 176 Å². The smallest absolute Gasteiger partial charge is 0.255 e. The molecule has 29 heavy (non-hydrogen) atoms. The number of ketones is 1. The van der Waals surface area contributed by atoms with Gasteiger partial charge < -0.3 is 10.1 Å². The third kappa shape index (κ3) is 4.09. The van der Waals surface area contributed by atoms with Gasteiger partial charge in [0.1, 0.15) is 5.75 Å². The lowest BCUT2D eigenvalue weighted by Gasteiger charge is -2.13. The minimum Gasteiger partial charge on any atom is -0.493 e. The van der Waals surface area contributed by atoms with Gasteiger partial charge in [-0.1, -0.05) is 30.3 Å². The van der Waals surface area contributed by atoms with Crippen molar-refractivity contribution in [2.45, 2.75) is 13.5 Å². The quantitative estimate of drug-likeness (QED) is 0.400. The number of carbonyl (C=O) groups is 2. The van der Waals surface area contributed by atoms with Crippen LogP contribution in [0, 0.1) is 0 Å². The zero-order chi connectivity index (χ0) is 20.2. The monoisotopic (exact) mass is 421 g/mol. The van der Waals surface area contributed by atoms with Crippen molar-refractivity contribution in [2.24, 2.45) is 0 Å². The molecule has 4 nitrogen and oxygen atoms in total. The standard InChI is InChI=1S/C23H19NO3S2/c1-2-27-19-9-7-15-5-3-4-6-18(15)21(19)23(26)24-13-17-8-10-20(29-17)22(25)16-11-12-28-14-16/h3-12,14H,2,13H2,1H3,(H,24,26). The molecule has 2 aromatic heterocycles. The van der Waals surface area contributed by atoms with E-state index in [1.54, 1.807) is 0 Å².